The molecule has 0 fully saturated rings. The summed E-state index contributed by atoms with van der Waals surface area (Å²) in [5.74, 6) is 0. The Balaban J connectivity index is 6.07. The van der Waals surface area contributed by atoms with Crippen LogP contribution in [0.2, 0.25) is 30.7 Å². The SMILES string of the molecule is CCO[Si](CC[Si](OCC)(OCC)C(C)C)(OCC)OC(C)(CC)[Si](C)(C)OC(C)C. The van der Waals surface area contributed by atoms with Gasteiger partial charge in [-0.3, -0.25) is 0 Å². The van der Waals surface area contributed by atoms with Crippen LogP contribution in [-0.4, -0.2) is 63.4 Å². The van der Waals surface area contributed by atoms with E-state index in [-0.39, 0.29) is 6.10 Å². The fourth-order valence-electron chi connectivity index (χ4n) is 4.04. The first kappa shape index (κ1) is 31.4. The molecule has 1 unspecified atom stereocenters. The average Bonchev–Trinajstić information content (AvgIpc) is 2.65. The molecule has 0 aliphatic heterocycles. The first-order valence-electron chi connectivity index (χ1n) is 12.3. The summed E-state index contributed by atoms with van der Waals surface area (Å²) in [5, 5.41) is -0.424. The zero-order valence-electron chi connectivity index (χ0n) is 22.6. The molecule has 31 heavy (non-hydrogen) atoms. The molecule has 0 N–H and O–H groups in total. The Labute approximate surface area is 196 Å². The third-order valence-electron chi connectivity index (χ3n) is 6.02. The normalized spacial score (nSPS) is 15.7. The molecule has 0 aromatic heterocycles. The Morgan fingerprint density at radius 2 is 1.16 bits per heavy atom. The summed E-state index contributed by atoms with van der Waals surface area (Å²) in [7, 11) is -7.63. The van der Waals surface area contributed by atoms with Gasteiger partial charge in [0, 0.05) is 38.6 Å². The minimum absolute atomic E-state index is 0.156. The molecule has 0 heterocycles. The minimum atomic E-state index is -3.00. The van der Waals surface area contributed by atoms with Crippen LogP contribution in [0.3, 0.4) is 0 Å². The van der Waals surface area contributed by atoms with Gasteiger partial charge in [-0.15, -0.1) is 0 Å². The molecule has 0 aromatic carbocycles. The monoisotopic (exact) mass is 496 g/mol. The van der Waals surface area contributed by atoms with Crippen LogP contribution in [0.25, 0.3) is 0 Å². The van der Waals surface area contributed by atoms with Gasteiger partial charge in [0.15, 0.2) is 0 Å². The van der Waals surface area contributed by atoms with Crippen molar-refractivity contribution in [2.45, 2.75) is 118 Å². The van der Waals surface area contributed by atoms with Crippen molar-refractivity contribution in [1.29, 1.82) is 0 Å². The molecule has 0 amide bonds. The maximum atomic E-state index is 7.00. The van der Waals surface area contributed by atoms with Crippen LogP contribution in [0.1, 0.15) is 75.7 Å². The highest BCUT2D eigenvalue weighted by Gasteiger charge is 2.55. The maximum Gasteiger partial charge on any atom is 0.501 e. The molecular formula is C22H52O6Si3. The van der Waals surface area contributed by atoms with Crippen LogP contribution in [0.4, 0.5) is 0 Å². The fraction of sp³-hybridized carbons (Fsp3) is 1.00. The Morgan fingerprint density at radius 1 is 0.710 bits per heavy atom. The van der Waals surface area contributed by atoms with E-state index in [1.807, 2.05) is 27.7 Å². The summed E-state index contributed by atoms with van der Waals surface area (Å²) in [6, 6.07) is 1.49. The first-order chi connectivity index (χ1) is 14.3. The van der Waals surface area contributed by atoms with E-state index in [2.05, 4.69) is 54.6 Å². The van der Waals surface area contributed by atoms with Gasteiger partial charge in [0.25, 0.3) is 0 Å². The molecule has 0 aromatic rings. The quantitative estimate of drug-likeness (QED) is 0.208. The predicted octanol–water partition coefficient (Wildman–Crippen LogP) is 6.28. The lowest BCUT2D eigenvalue weighted by Crippen LogP contribution is -2.64. The van der Waals surface area contributed by atoms with E-state index in [4.69, 9.17) is 26.6 Å². The smallest absolute Gasteiger partial charge is 0.412 e. The fourth-order valence-corrected chi connectivity index (χ4v) is 15.3. The molecule has 0 aliphatic carbocycles. The lowest BCUT2D eigenvalue weighted by atomic mass is 10.3. The Bertz CT molecular complexity index is 478. The molecule has 0 aliphatic rings. The molecule has 9 heteroatoms. The highest BCUT2D eigenvalue weighted by atomic mass is 28.4. The zero-order valence-corrected chi connectivity index (χ0v) is 25.6. The summed E-state index contributed by atoms with van der Waals surface area (Å²) in [6.45, 7) is 27.9. The van der Waals surface area contributed by atoms with Crippen molar-refractivity contribution < 1.29 is 26.6 Å². The van der Waals surface area contributed by atoms with E-state index in [0.717, 1.165) is 12.5 Å². The van der Waals surface area contributed by atoms with Crippen LogP contribution >= 0.6 is 0 Å². The third-order valence-corrected chi connectivity index (χ3v) is 18.1. The van der Waals surface area contributed by atoms with Crippen LogP contribution in [0.5, 0.6) is 0 Å². The van der Waals surface area contributed by atoms with Gasteiger partial charge in [-0.2, -0.15) is 0 Å². The van der Waals surface area contributed by atoms with Gasteiger partial charge >= 0.3 is 17.4 Å². The molecule has 0 bridgehead atoms. The van der Waals surface area contributed by atoms with Crippen LogP contribution in [0, 0.1) is 0 Å². The molecule has 6 nitrogen and oxygen atoms in total. The van der Waals surface area contributed by atoms with Gasteiger partial charge in [0.2, 0.25) is 8.32 Å². The predicted molar refractivity (Wildman–Crippen MR) is 136 cm³/mol. The standard InChI is InChI=1S/C22H52O6Si3/c1-13-22(10,29(11,12)27-20(6)7)28-31(25-16-4,26-17-5)19-18-30(21(8)9,23-14-2)24-15-3/h20-21H,13-19H2,1-12H3. The molecule has 0 radical (unpaired) electrons. The van der Waals surface area contributed by atoms with Gasteiger partial charge in [-0.05, 0) is 79.6 Å². The van der Waals surface area contributed by atoms with Gasteiger partial charge in [0.1, 0.15) is 0 Å². The maximum absolute atomic E-state index is 7.00. The van der Waals surface area contributed by atoms with Crippen molar-refractivity contribution in [3.8, 4) is 0 Å². The van der Waals surface area contributed by atoms with E-state index in [1.54, 1.807) is 0 Å². The van der Waals surface area contributed by atoms with Crippen LogP contribution < -0.4 is 0 Å². The Hall–Kier alpha value is 0.411. The molecule has 0 saturated carbocycles. The highest BCUT2D eigenvalue weighted by Crippen LogP contribution is 2.38. The second kappa shape index (κ2) is 14.0. The van der Waals surface area contributed by atoms with Crippen molar-refractivity contribution in [2.24, 2.45) is 0 Å². The number of rotatable bonds is 18. The molecule has 0 saturated heterocycles. The number of hydrogen-bond donors (Lipinski definition) is 0. The molecule has 0 spiro atoms. The van der Waals surface area contributed by atoms with E-state index >= 15 is 0 Å². The third kappa shape index (κ3) is 8.94. The summed E-state index contributed by atoms with van der Waals surface area (Å²) in [6.07, 6.45) is 1.00. The second-order valence-corrected chi connectivity index (χ2v) is 20.1. The number of hydrogen-bond acceptors (Lipinski definition) is 6. The largest absolute Gasteiger partial charge is 0.501 e. The van der Waals surface area contributed by atoms with E-state index < -0.39 is 30.9 Å². The van der Waals surface area contributed by atoms with E-state index in [0.29, 0.717) is 38.0 Å². The summed E-state index contributed by atoms with van der Waals surface area (Å²) in [4.78, 5) is 0. The van der Waals surface area contributed by atoms with Gasteiger partial charge in [-0.1, -0.05) is 20.8 Å². The van der Waals surface area contributed by atoms with Crippen molar-refractivity contribution in [3.05, 3.63) is 0 Å². The second-order valence-electron chi connectivity index (χ2n) is 9.24. The van der Waals surface area contributed by atoms with Gasteiger partial charge in [-0.25, -0.2) is 0 Å². The Kier molecular flexibility index (Phi) is 14.1. The lowest BCUT2D eigenvalue weighted by molar-refractivity contribution is 0.00139. The summed E-state index contributed by atoms with van der Waals surface area (Å²) < 4.78 is 38.8. The molecule has 0 rings (SSSR count). The zero-order chi connectivity index (χ0) is 24.3. The van der Waals surface area contributed by atoms with E-state index in [1.165, 1.54) is 0 Å². The minimum Gasteiger partial charge on any atom is -0.412 e. The molecular weight excluding hydrogens is 444 g/mol. The first-order valence-corrected chi connectivity index (χ1v) is 19.2. The van der Waals surface area contributed by atoms with Gasteiger partial charge in [0.05, 0.1) is 5.22 Å². The van der Waals surface area contributed by atoms with Crippen molar-refractivity contribution in [2.75, 3.05) is 26.4 Å². The Morgan fingerprint density at radius 3 is 1.48 bits per heavy atom. The van der Waals surface area contributed by atoms with Crippen molar-refractivity contribution in [3.63, 3.8) is 0 Å². The van der Waals surface area contributed by atoms with Crippen LogP contribution in [0.15, 0.2) is 0 Å². The van der Waals surface area contributed by atoms with Crippen molar-refractivity contribution >= 4 is 25.7 Å². The summed E-state index contributed by atoms with van der Waals surface area (Å²) in [5.41, 5.74) is 0.329. The molecule has 188 valence electrons. The summed E-state index contributed by atoms with van der Waals surface area (Å²) >= 11 is 0. The molecule has 1 atom stereocenters. The highest BCUT2D eigenvalue weighted by molar-refractivity contribution is 6.76. The topological polar surface area (TPSA) is 55.4 Å². The van der Waals surface area contributed by atoms with Crippen LogP contribution in [-0.2, 0) is 26.6 Å². The lowest BCUT2D eigenvalue weighted by Gasteiger charge is -2.47. The van der Waals surface area contributed by atoms with Crippen molar-refractivity contribution in [1.82, 2.24) is 0 Å². The van der Waals surface area contributed by atoms with Gasteiger partial charge < -0.3 is 26.6 Å². The van der Waals surface area contributed by atoms with E-state index in [9.17, 15) is 0 Å². The average molecular weight is 497 g/mol.